The molecular formula is C10H6F2N6S. The zero-order chi connectivity index (χ0) is 13.4. The fraction of sp³-hybridized carbons (Fsp3) is 0. The predicted octanol–water partition coefficient (Wildman–Crippen LogP) is 1.76. The highest BCUT2D eigenvalue weighted by atomic mass is 32.2. The Morgan fingerprint density at radius 3 is 2.79 bits per heavy atom. The van der Waals surface area contributed by atoms with E-state index in [-0.39, 0.29) is 10.8 Å². The number of fused-ring (bicyclic) bond motifs is 1. The lowest BCUT2D eigenvalue weighted by Crippen LogP contribution is -1.99. The van der Waals surface area contributed by atoms with E-state index in [9.17, 15) is 8.78 Å². The Labute approximate surface area is 109 Å². The molecule has 96 valence electrons. The average molecular weight is 280 g/mol. The number of pyridine rings is 1. The number of aromatic amines is 1. The van der Waals surface area contributed by atoms with Gasteiger partial charge in [-0.1, -0.05) is 0 Å². The summed E-state index contributed by atoms with van der Waals surface area (Å²) in [5.41, 5.74) is 6.32. The quantitative estimate of drug-likeness (QED) is 0.695. The van der Waals surface area contributed by atoms with E-state index >= 15 is 0 Å². The summed E-state index contributed by atoms with van der Waals surface area (Å²) in [6, 6.07) is 0.690. The van der Waals surface area contributed by atoms with Crippen molar-refractivity contribution in [1.82, 2.24) is 24.9 Å². The second kappa shape index (κ2) is 4.43. The fourth-order valence-electron chi connectivity index (χ4n) is 1.45. The number of halogens is 2. The topological polar surface area (TPSA) is 93.4 Å². The number of hydrogen-bond acceptors (Lipinski definition) is 6. The minimum absolute atomic E-state index is 0.0616. The summed E-state index contributed by atoms with van der Waals surface area (Å²) < 4.78 is 26.6. The third kappa shape index (κ3) is 2.08. The number of imidazole rings is 1. The van der Waals surface area contributed by atoms with Crippen LogP contribution in [0.4, 0.5) is 14.6 Å². The zero-order valence-electron chi connectivity index (χ0n) is 9.26. The van der Waals surface area contributed by atoms with Gasteiger partial charge in [-0.2, -0.15) is 0 Å². The largest absolute Gasteiger partial charge is 0.381 e. The van der Waals surface area contributed by atoms with Gasteiger partial charge in [0.25, 0.3) is 0 Å². The first kappa shape index (κ1) is 11.8. The van der Waals surface area contributed by atoms with Crippen LogP contribution in [-0.4, -0.2) is 24.9 Å². The van der Waals surface area contributed by atoms with Gasteiger partial charge in [0.2, 0.25) is 0 Å². The van der Waals surface area contributed by atoms with Crippen molar-refractivity contribution in [3.8, 4) is 0 Å². The smallest absolute Gasteiger partial charge is 0.181 e. The van der Waals surface area contributed by atoms with Crippen LogP contribution < -0.4 is 5.73 Å². The van der Waals surface area contributed by atoms with Gasteiger partial charge in [-0.25, -0.2) is 28.7 Å². The fourth-order valence-corrected chi connectivity index (χ4v) is 2.28. The average Bonchev–Trinajstić information content (AvgIpc) is 2.85. The van der Waals surface area contributed by atoms with Crippen LogP contribution in [0, 0.1) is 11.6 Å². The molecule has 0 aliphatic rings. The summed E-state index contributed by atoms with van der Waals surface area (Å²) in [5, 5.41) is 0.369. The minimum atomic E-state index is -0.892. The maximum Gasteiger partial charge on any atom is 0.181 e. The van der Waals surface area contributed by atoms with Gasteiger partial charge in [0.15, 0.2) is 23.1 Å². The number of H-pyrrole nitrogens is 1. The highest BCUT2D eigenvalue weighted by Crippen LogP contribution is 2.31. The summed E-state index contributed by atoms with van der Waals surface area (Å²) >= 11 is 0.916. The van der Waals surface area contributed by atoms with Crippen LogP contribution in [0.25, 0.3) is 11.2 Å². The first-order chi connectivity index (χ1) is 9.15. The van der Waals surface area contributed by atoms with Crippen LogP contribution in [0.2, 0.25) is 0 Å². The van der Waals surface area contributed by atoms with E-state index in [0.717, 1.165) is 11.8 Å². The monoisotopic (exact) mass is 280 g/mol. The zero-order valence-corrected chi connectivity index (χ0v) is 10.1. The van der Waals surface area contributed by atoms with E-state index in [0.29, 0.717) is 22.3 Å². The third-order valence-corrected chi connectivity index (χ3v) is 3.29. The lowest BCUT2D eigenvalue weighted by atomic mass is 10.4. The Hall–Kier alpha value is -2.29. The molecule has 3 N–H and O–H groups in total. The van der Waals surface area contributed by atoms with E-state index < -0.39 is 11.6 Å². The van der Waals surface area contributed by atoms with E-state index in [4.69, 9.17) is 5.73 Å². The lowest BCUT2D eigenvalue weighted by Gasteiger charge is -2.04. The predicted molar refractivity (Wildman–Crippen MR) is 64.4 cm³/mol. The normalized spacial score (nSPS) is 11.1. The number of anilines is 1. The first-order valence-electron chi connectivity index (χ1n) is 5.08. The number of nitrogen functional groups attached to an aromatic ring is 1. The standard InChI is InChI=1S/C10H6F2N6S/c11-4-1-5(12)9(18-7(4)13)19-10-6-8(15-2-14-6)16-3-17-10/h1-3H,(H2,13,18)(H,14,15,16,17). The van der Waals surface area contributed by atoms with Gasteiger partial charge < -0.3 is 10.7 Å². The highest BCUT2D eigenvalue weighted by molar-refractivity contribution is 7.99. The van der Waals surface area contributed by atoms with E-state index in [1.54, 1.807) is 0 Å². The van der Waals surface area contributed by atoms with Crippen LogP contribution in [0.1, 0.15) is 0 Å². The number of rotatable bonds is 2. The summed E-state index contributed by atoms with van der Waals surface area (Å²) in [7, 11) is 0. The van der Waals surface area contributed by atoms with Gasteiger partial charge in [0.1, 0.15) is 21.9 Å². The molecular weight excluding hydrogens is 274 g/mol. The molecule has 0 saturated heterocycles. The van der Waals surface area contributed by atoms with Crippen molar-refractivity contribution in [2.24, 2.45) is 0 Å². The molecule has 9 heteroatoms. The summed E-state index contributed by atoms with van der Waals surface area (Å²) in [6.45, 7) is 0. The Morgan fingerprint density at radius 1 is 1.11 bits per heavy atom. The molecule has 0 saturated carbocycles. The van der Waals surface area contributed by atoms with Crippen molar-refractivity contribution in [2.75, 3.05) is 5.73 Å². The molecule has 0 amide bonds. The number of nitrogens with one attached hydrogen (secondary N) is 1. The molecule has 3 rings (SSSR count). The van der Waals surface area contributed by atoms with Gasteiger partial charge in [-0.05, 0) is 11.8 Å². The molecule has 0 aromatic carbocycles. The Balaban J connectivity index is 2.06. The lowest BCUT2D eigenvalue weighted by molar-refractivity contribution is 0.552. The molecule has 0 unspecified atom stereocenters. The second-order valence-electron chi connectivity index (χ2n) is 3.52. The van der Waals surface area contributed by atoms with Crippen LogP contribution >= 0.6 is 11.8 Å². The van der Waals surface area contributed by atoms with Gasteiger partial charge in [-0.15, -0.1) is 0 Å². The van der Waals surface area contributed by atoms with E-state index in [1.165, 1.54) is 12.7 Å². The summed E-state index contributed by atoms with van der Waals surface area (Å²) in [4.78, 5) is 18.4. The van der Waals surface area contributed by atoms with Crippen molar-refractivity contribution in [3.63, 3.8) is 0 Å². The van der Waals surface area contributed by atoms with Crippen LogP contribution in [0.15, 0.2) is 28.8 Å². The van der Waals surface area contributed by atoms with Gasteiger partial charge in [0.05, 0.1) is 6.33 Å². The molecule has 3 heterocycles. The van der Waals surface area contributed by atoms with Crippen molar-refractivity contribution in [3.05, 3.63) is 30.4 Å². The maximum absolute atomic E-state index is 13.6. The molecule has 0 spiro atoms. The molecule has 0 atom stereocenters. The molecule has 0 fully saturated rings. The van der Waals surface area contributed by atoms with Crippen molar-refractivity contribution >= 4 is 28.7 Å². The third-order valence-electron chi connectivity index (χ3n) is 2.31. The number of aromatic nitrogens is 5. The molecule has 0 bridgehead atoms. The van der Waals surface area contributed by atoms with Crippen LogP contribution in [-0.2, 0) is 0 Å². The van der Waals surface area contributed by atoms with Crippen LogP contribution in [0.5, 0.6) is 0 Å². The van der Waals surface area contributed by atoms with Crippen molar-refractivity contribution in [1.29, 1.82) is 0 Å². The Morgan fingerprint density at radius 2 is 1.95 bits per heavy atom. The van der Waals surface area contributed by atoms with Gasteiger partial charge in [-0.3, -0.25) is 0 Å². The summed E-state index contributed by atoms with van der Waals surface area (Å²) in [5.74, 6) is -2.06. The van der Waals surface area contributed by atoms with Crippen molar-refractivity contribution in [2.45, 2.75) is 10.1 Å². The molecule has 19 heavy (non-hydrogen) atoms. The van der Waals surface area contributed by atoms with E-state index in [2.05, 4.69) is 24.9 Å². The molecule has 0 aliphatic heterocycles. The summed E-state index contributed by atoms with van der Waals surface area (Å²) in [6.07, 6.45) is 2.75. The maximum atomic E-state index is 13.6. The minimum Gasteiger partial charge on any atom is -0.381 e. The Kier molecular flexibility index (Phi) is 2.75. The highest BCUT2D eigenvalue weighted by Gasteiger charge is 2.14. The Bertz CT molecular complexity index is 759. The molecule has 3 aromatic rings. The first-order valence-corrected chi connectivity index (χ1v) is 5.90. The van der Waals surface area contributed by atoms with Gasteiger partial charge >= 0.3 is 0 Å². The second-order valence-corrected chi connectivity index (χ2v) is 4.50. The molecule has 3 aromatic heterocycles. The number of nitrogens with two attached hydrogens (primary N) is 1. The van der Waals surface area contributed by atoms with Crippen molar-refractivity contribution < 1.29 is 8.78 Å². The SMILES string of the molecule is Nc1nc(Sc2ncnc3nc[nH]c23)c(F)cc1F. The number of nitrogens with zero attached hydrogens (tertiary/aromatic N) is 4. The van der Waals surface area contributed by atoms with Crippen LogP contribution in [0.3, 0.4) is 0 Å². The number of hydrogen-bond donors (Lipinski definition) is 2. The molecule has 0 radical (unpaired) electrons. The molecule has 0 aliphatic carbocycles. The van der Waals surface area contributed by atoms with Gasteiger partial charge in [0, 0.05) is 6.07 Å². The molecule has 6 nitrogen and oxygen atoms in total. The van der Waals surface area contributed by atoms with E-state index in [1.807, 2.05) is 0 Å².